The summed E-state index contributed by atoms with van der Waals surface area (Å²) in [6.07, 6.45) is 3.78. The normalized spacial score (nSPS) is 23.0. The van der Waals surface area contributed by atoms with Crippen LogP contribution in [0.25, 0.3) is 11.4 Å². The number of carbonyl (C=O) groups is 4. The average Bonchev–Trinajstić information content (AvgIpc) is 3.53. The van der Waals surface area contributed by atoms with Crippen molar-refractivity contribution >= 4 is 23.6 Å². The first-order valence-electron chi connectivity index (χ1n) is 11.6. The lowest BCUT2D eigenvalue weighted by Gasteiger charge is -2.29. The Labute approximate surface area is 195 Å². The molecule has 1 N–H and O–H groups in total. The van der Waals surface area contributed by atoms with Crippen LogP contribution in [0.2, 0.25) is 0 Å². The number of hydrogen-bond acceptors (Lipinski definition) is 8. The van der Waals surface area contributed by atoms with Gasteiger partial charge in [-0.05, 0) is 49.7 Å². The fourth-order valence-electron chi connectivity index (χ4n) is 5.01. The molecule has 0 radical (unpaired) electrons. The van der Waals surface area contributed by atoms with E-state index in [2.05, 4.69) is 27.6 Å². The van der Waals surface area contributed by atoms with Crippen LogP contribution >= 0.6 is 0 Å². The molecule has 1 aromatic heterocycles. The van der Waals surface area contributed by atoms with Crippen molar-refractivity contribution in [3.63, 3.8) is 0 Å². The number of hydrogen-bond donors (Lipinski definition) is 1. The molecular formula is C24H23N5O5. The van der Waals surface area contributed by atoms with Crippen LogP contribution in [-0.4, -0.2) is 56.2 Å². The van der Waals surface area contributed by atoms with Crippen molar-refractivity contribution in [3.8, 4) is 11.4 Å². The molecular weight excluding hydrogens is 438 g/mol. The van der Waals surface area contributed by atoms with Crippen LogP contribution in [0.4, 0.5) is 0 Å². The summed E-state index contributed by atoms with van der Waals surface area (Å²) in [6, 6.07) is 7.16. The van der Waals surface area contributed by atoms with E-state index in [1.165, 1.54) is 18.4 Å². The van der Waals surface area contributed by atoms with E-state index >= 15 is 0 Å². The molecule has 2 aromatic rings. The fourth-order valence-corrected chi connectivity index (χ4v) is 5.01. The van der Waals surface area contributed by atoms with E-state index in [1.54, 1.807) is 4.90 Å². The number of carbonyl (C=O) groups excluding carboxylic acids is 4. The molecule has 1 unspecified atom stereocenters. The minimum Gasteiger partial charge on any atom is -0.357 e. The summed E-state index contributed by atoms with van der Waals surface area (Å²) in [4.78, 5) is 57.5. The van der Waals surface area contributed by atoms with Crippen LogP contribution in [0.1, 0.15) is 55.9 Å². The third-order valence-electron chi connectivity index (χ3n) is 6.86. The van der Waals surface area contributed by atoms with Gasteiger partial charge in [0.2, 0.25) is 23.5 Å². The van der Waals surface area contributed by atoms with E-state index in [0.717, 1.165) is 10.5 Å². The van der Waals surface area contributed by atoms with Crippen molar-refractivity contribution in [2.45, 2.75) is 57.0 Å². The molecule has 174 valence electrons. The fraction of sp³-hybridized carbons (Fsp3) is 0.417. The van der Waals surface area contributed by atoms with Crippen LogP contribution in [-0.2, 0) is 25.7 Å². The Morgan fingerprint density at radius 1 is 1.06 bits per heavy atom. The highest BCUT2D eigenvalue weighted by Crippen LogP contribution is 2.41. The summed E-state index contributed by atoms with van der Waals surface area (Å²) >= 11 is 0. The summed E-state index contributed by atoms with van der Waals surface area (Å²) in [5.74, 6) is -0.520. The second-order valence-corrected chi connectivity index (χ2v) is 9.21. The summed E-state index contributed by atoms with van der Waals surface area (Å²) in [6.45, 7) is 0.742. The summed E-state index contributed by atoms with van der Waals surface area (Å²) in [5.41, 5.74) is 2.85. The van der Waals surface area contributed by atoms with Crippen LogP contribution in [0.15, 0.2) is 40.1 Å². The number of imide groups is 2. The van der Waals surface area contributed by atoms with Gasteiger partial charge in [-0.25, -0.2) is 0 Å². The molecule has 1 aromatic carbocycles. The number of benzene rings is 1. The van der Waals surface area contributed by atoms with E-state index in [-0.39, 0.29) is 25.1 Å². The molecule has 1 aliphatic carbocycles. The van der Waals surface area contributed by atoms with Gasteiger partial charge < -0.3 is 9.42 Å². The Morgan fingerprint density at radius 3 is 2.71 bits per heavy atom. The zero-order chi connectivity index (χ0) is 23.4. The van der Waals surface area contributed by atoms with Crippen molar-refractivity contribution in [3.05, 3.63) is 47.0 Å². The molecule has 1 saturated carbocycles. The summed E-state index contributed by atoms with van der Waals surface area (Å²) in [7, 11) is 0. The van der Waals surface area contributed by atoms with Crippen LogP contribution in [0.5, 0.6) is 0 Å². The Kier molecular flexibility index (Phi) is 4.82. The molecule has 1 atom stereocenters. The Balaban J connectivity index is 1.22. The molecule has 4 amide bonds. The number of aromatic nitrogens is 2. The lowest BCUT2D eigenvalue weighted by molar-refractivity contribution is -0.150. The number of piperidine rings is 1. The molecule has 10 nitrogen and oxygen atoms in total. The van der Waals surface area contributed by atoms with Gasteiger partial charge in [0, 0.05) is 24.1 Å². The van der Waals surface area contributed by atoms with E-state index in [1.807, 2.05) is 12.1 Å². The first kappa shape index (κ1) is 20.8. The van der Waals surface area contributed by atoms with E-state index in [9.17, 15) is 19.2 Å². The Morgan fingerprint density at radius 2 is 1.91 bits per heavy atom. The number of amides is 4. The minimum atomic E-state index is -0.973. The lowest BCUT2D eigenvalue weighted by Crippen LogP contribution is -2.55. The zero-order valence-corrected chi connectivity index (χ0v) is 18.5. The first-order chi connectivity index (χ1) is 16.5. The largest absolute Gasteiger partial charge is 0.357 e. The van der Waals surface area contributed by atoms with Crippen LogP contribution < -0.4 is 5.32 Å². The van der Waals surface area contributed by atoms with Gasteiger partial charge in [0.15, 0.2) is 0 Å². The summed E-state index contributed by atoms with van der Waals surface area (Å²) in [5, 5.41) is 6.35. The molecule has 0 spiro atoms. The molecule has 6 rings (SSSR count). The minimum absolute atomic E-state index is 0.0918. The topological polar surface area (TPSA) is 126 Å². The second kappa shape index (κ2) is 7.89. The van der Waals surface area contributed by atoms with Gasteiger partial charge in [-0.15, -0.1) is 0 Å². The third kappa shape index (κ3) is 3.49. The van der Waals surface area contributed by atoms with Crippen molar-refractivity contribution in [2.75, 3.05) is 6.54 Å². The quantitative estimate of drug-likeness (QED) is 0.666. The predicted molar refractivity (Wildman–Crippen MR) is 116 cm³/mol. The number of nitrogens with one attached hydrogen (secondary N) is 1. The van der Waals surface area contributed by atoms with Gasteiger partial charge >= 0.3 is 0 Å². The maximum atomic E-state index is 13.3. The number of nitrogens with zero attached hydrogens (tertiary/aromatic N) is 4. The molecule has 4 aliphatic rings. The van der Waals surface area contributed by atoms with E-state index in [0.29, 0.717) is 42.6 Å². The van der Waals surface area contributed by atoms with Crippen LogP contribution in [0, 0.1) is 0 Å². The molecule has 34 heavy (non-hydrogen) atoms. The average molecular weight is 461 g/mol. The van der Waals surface area contributed by atoms with Crippen molar-refractivity contribution < 1.29 is 23.7 Å². The highest BCUT2D eigenvalue weighted by molar-refractivity contribution is 6.21. The van der Waals surface area contributed by atoms with Gasteiger partial charge in [-0.2, -0.15) is 4.98 Å². The van der Waals surface area contributed by atoms with Crippen molar-refractivity contribution in [1.82, 2.24) is 25.3 Å². The molecule has 4 heterocycles. The second-order valence-electron chi connectivity index (χ2n) is 9.21. The SMILES string of the molecule is O=C1CCC(N2C(=O)C3=C(C2=O)N(Cc2nc(-c4cccc(C5CC5)c4)no2)CCC3)C(=O)N1. The third-order valence-corrected chi connectivity index (χ3v) is 6.86. The molecule has 10 heteroatoms. The van der Waals surface area contributed by atoms with Gasteiger partial charge in [0.1, 0.15) is 11.7 Å². The predicted octanol–water partition coefficient (Wildman–Crippen LogP) is 1.64. The smallest absolute Gasteiger partial charge is 0.278 e. The Hall–Kier alpha value is -3.82. The van der Waals surface area contributed by atoms with Gasteiger partial charge in [0.05, 0.1) is 6.54 Å². The molecule has 2 fully saturated rings. The zero-order valence-electron chi connectivity index (χ0n) is 18.5. The Bertz CT molecular complexity index is 1260. The van der Waals surface area contributed by atoms with Crippen molar-refractivity contribution in [1.29, 1.82) is 0 Å². The molecule has 0 bridgehead atoms. The van der Waals surface area contributed by atoms with Crippen molar-refractivity contribution in [2.24, 2.45) is 0 Å². The molecule has 3 aliphatic heterocycles. The van der Waals surface area contributed by atoms with Crippen LogP contribution in [0.3, 0.4) is 0 Å². The van der Waals surface area contributed by atoms with E-state index < -0.39 is 29.7 Å². The lowest BCUT2D eigenvalue weighted by atomic mass is 10.0. The van der Waals surface area contributed by atoms with Gasteiger partial charge in [-0.1, -0.05) is 23.4 Å². The van der Waals surface area contributed by atoms with E-state index in [4.69, 9.17) is 4.52 Å². The molecule has 1 saturated heterocycles. The number of rotatable bonds is 5. The first-order valence-corrected chi connectivity index (χ1v) is 11.6. The monoisotopic (exact) mass is 461 g/mol. The van der Waals surface area contributed by atoms with Gasteiger partial charge in [0.25, 0.3) is 11.8 Å². The summed E-state index contributed by atoms with van der Waals surface area (Å²) < 4.78 is 5.48. The highest BCUT2D eigenvalue weighted by atomic mass is 16.5. The maximum Gasteiger partial charge on any atom is 0.278 e. The standard InChI is InChI=1S/C24H23N5O5/c30-18-9-8-17(22(31)25-18)29-23(32)16-5-2-10-28(20(16)24(29)33)12-19-26-21(27-34-19)15-4-1-3-14(11-15)13-6-7-13/h1,3-4,11,13,17H,2,5-10,12H2,(H,25,30,31). The highest BCUT2D eigenvalue weighted by Gasteiger charge is 2.48. The maximum absolute atomic E-state index is 13.3. The van der Waals surface area contributed by atoms with Gasteiger partial charge in [-0.3, -0.25) is 29.4 Å².